The lowest BCUT2D eigenvalue weighted by Crippen LogP contribution is -2.43. The quantitative estimate of drug-likeness (QED) is 0.772. The molecule has 2 aliphatic rings. The molecule has 0 N–H and O–H groups in total. The van der Waals surface area contributed by atoms with Gasteiger partial charge in [0.05, 0.1) is 16.5 Å². The molecule has 0 saturated carbocycles. The molecule has 144 valence electrons. The van der Waals surface area contributed by atoms with E-state index in [1.165, 1.54) is 4.31 Å². The van der Waals surface area contributed by atoms with Gasteiger partial charge in [-0.3, -0.25) is 4.79 Å². The number of aryl methyl sites for hydroxylation is 2. The molecule has 0 aromatic carbocycles. The van der Waals surface area contributed by atoms with E-state index in [1.54, 1.807) is 18.7 Å². The number of aromatic nitrogens is 1. The summed E-state index contributed by atoms with van der Waals surface area (Å²) < 4.78 is 30.7. The van der Waals surface area contributed by atoms with Gasteiger partial charge >= 0.3 is 0 Å². The molecule has 3 heterocycles. The summed E-state index contributed by atoms with van der Waals surface area (Å²) in [4.78, 5) is 14.8. The minimum atomic E-state index is -3.17. The Labute approximate surface area is 158 Å². The number of rotatable bonds is 4. The van der Waals surface area contributed by atoms with Crippen molar-refractivity contribution in [2.75, 3.05) is 31.1 Å². The highest BCUT2D eigenvalue weighted by Gasteiger charge is 2.35. The number of hydrogen-bond acceptors (Lipinski definition) is 6. The van der Waals surface area contributed by atoms with Gasteiger partial charge in [-0.25, -0.2) is 12.7 Å². The van der Waals surface area contributed by atoms with Crippen molar-refractivity contribution in [2.45, 2.75) is 33.6 Å². The van der Waals surface area contributed by atoms with E-state index in [0.29, 0.717) is 32.5 Å². The van der Waals surface area contributed by atoms with Gasteiger partial charge in [0, 0.05) is 36.9 Å². The molecule has 1 amide bonds. The van der Waals surface area contributed by atoms with E-state index < -0.39 is 10.0 Å². The van der Waals surface area contributed by atoms with E-state index in [4.69, 9.17) is 4.52 Å². The lowest BCUT2D eigenvalue weighted by molar-refractivity contribution is -0.133. The van der Waals surface area contributed by atoms with Crippen LogP contribution in [0.4, 0.5) is 0 Å². The van der Waals surface area contributed by atoms with Crippen LogP contribution in [0.25, 0.3) is 6.08 Å². The largest absolute Gasteiger partial charge is 0.361 e. The number of thioether (sulfide) groups is 1. The highest BCUT2D eigenvalue weighted by molar-refractivity contribution is 8.03. The molecule has 0 spiro atoms. The predicted octanol–water partition coefficient (Wildman–Crippen LogP) is 2.23. The van der Waals surface area contributed by atoms with E-state index in [9.17, 15) is 13.2 Å². The number of amides is 1. The molecule has 0 radical (unpaired) electrons. The van der Waals surface area contributed by atoms with E-state index in [2.05, 4.69) is 5.16 Å². The van der Waals surface area contributed by atoms with E-state index >= 15 is 0 Å². The van der Waals surface area contributed by atoms with Crippen molar-refractivity contribution < 1.29 is 17.7 Å². The van der Waals surface area contributed by atoms with Crippen LogP contribution in [0.2, 0.25) is 0 Å². The van der Waals surface area contributed by atoms with Gasteiger partial charge in [-0.05, 0) is 39.7 Å². The van der Waals surface area contributed by atoms with Crippen LogP contribution in [-0.4, -0.2) is 59.8 Å². The molecule has 3 rings (SSSR count). The summed E-state index contributed by atoms with van der Waals surface area (Å²) in [5.74, 6) is 1.70. The Balaban J connectivity index is 1.70. The smallest absolute Gasteiger partial charge is 0.230 e. The minimum absolute atomic E-state index is 0.0987. The number of sulfonamides is 1. The third kappa shape index (κ3) is 3.84. The first-order chi connectivity index (χ1) is 12.3. The van der Waals surface area contributed by atoms with E-state index in [0.717, 1.165) is 27.8 Å². The number of carbonyl (C=O) groups excluding carboxylic acids is 1. The van der Waals surface area contributed by atoms with Crippen LogP contribution < -0.4 is 0 Å². The Morgan fingerprint density at radius 1 is 1.31 bits per heavy atom. The Kier molecular flexibility index (Phi) is 5.78. The molecule has 26 heavy (non-hydrogen) atoms. The molecule has 0 bridgehead atoms. The summed E-state index contributed by atoms with van der Waals surface area (Å²) in [7, 11) is -3.17. The molecule has 2 saturated heterocycles. The average Bonchev–Trinajstić information content (AvgIpc) is 3.23. The SMILES string of the molecule is CCS(=O)(=O)N1CCC(C(=O)N2CCS/C2=C/c2c(C)noc2C)CC1. The first kappa shape index (κ1) is 19.4. The van der Waals surface area contributed by atoms with Crippen molar-refractivity contribution in [3.05, 3.63) is 22.0 Å². The maximum atomic E-state index is 13.0. The van der Waals surface area contributed by atoms with Crippen LogP contribution >= 0.6 is 11.8 Å². The zero-order chi connectivity index (χ0) is 18.9. The third-order valence-corrected chi connectivity index (χ3v) is 7.92. The molecule has 7 nitrogen and oxygen atoms in total. The molecule has 9 heteroatoms. The molecule has 2 aliphatic heterocycles. The highest BCUT2D eigenvalue weighted by atomic mass is 32.2. The van der Waals surface area contributed by atoms with Crippen LogP contribution in [0.1, 0.15) is 36.8 Å². The zero-order valence-corrected chi connectivity index (χ0v) is 17.0. The van der Waals surface area contributed by atoms with Gasteiger partial charge in [-0.15, -0.1) is 11.8 Å². The molecular weight excluding hydrogens is 374 g/mol. The predicted molar refractivity (Wildman–Crippen MR) is 102 cm³/mol. The average molecular weight is 400 g/mol. The molecule has 0 unspecified atom stereocenters. The second-order valence-electron chi connectivity index (χ2n) is 6.63. The standard InChI is InChI=1S/C17H25N3O4S2/c1-4-26(22,23)19-7-5-14(6-8-19)17(21)20-9-10-25-16(20)11-15-12(2)18-24-13(15)3/h11,14H,4-10H2,1-3H3/b16-11+. The van der Waals surface area contributed by atoms with Gasteiger partial charge in [0.2, 0.25) is 15.9 Å². The number of piperidine rings is 1. The van der Waals surface area contributed by atoms with E-state index in [-0.39, 0.29) is 17.6 Å². The normalized spacial score (nSPS) is 21.7. The second kappa shape index (κ2) is 7.74. The van der Waals surface area contributed by atoms with Crippen LogP contribution in [-0.2, 0) is 14.8 Å². The van der Waals surface area contributed by atoms with Gasteiger partial charge in [-0.1, -0.05) is 5.16 Å². The highest BCUT2D eigenvalue weighted by Crippen LogP contribution is 2.34. The Morgan fingerprint density at radius 2 is 2.00 bits per heavy atom. The maximum Gasteiger partial charge on any atom is 0.230 e. The Bertz CT molecular complexity index is 788. The van der Waals surface area contributed by atoms with Gasteiger partial charge < -0.3 is 9.42 Å². The van der Waals surface area contributed by atoms with Gasteiger partial charge in [0.1, 0.15) is 5.76 Å². The zero-order valence-electron chi connectivity index (χ0n) is 15.4. The van der Waals surface area contributed by atoms with Crippen molar-refractivity contribution in [2.24, 2.45) is 5.92 Å². The van der Waals surface area contributed by atoms with Crippen LogP contribution in [0.15, 0.2) is 9.55 Å². The van der Waals surface area contributed by atoms with Crippen LogP contribution in [0.5, 0.6) is 0 Å². The number of hydrogen-bond donors (Lipinski definition) is 0. The summed E-state index contributed by atoms with van der Waals surface area (Å²) in [6, 6.07) is 0. The second-order valence-corrected chi connectivity index (χ2v) is 10.0. The molecule has 2 fully saturated rings. The summed E-state index contributed by atoms with van der Waals surface area (Å²) in [5.41, 5.74) is 1.74. The first-order valence-corrected chi connectivity index (χ1v) is 11.5. The van der Waals surface area contributed by atoms with Crippen molar-refractivity contribution >= 4 is 33.8 Å². The fraction of sp³-hybridized carbons (Fsp3) is 0.647. The topological polar surface area (TPSA) is 83.7 Å². The molecule has 1 aromatic heterocycles. The van der Waals surface area contributed by atoms with Gasteiger partial charge in [0.15, 0.2) is 0 Å². The molecule has 0 aliphatic carbocycles. The van der Waals surface area contributed by atoms with Crippen LogP contribution in [0, 0.1) is 19.8 Å². The van der Waals surface area contributed by atoms with Crippen molar-refractivity contribution in [1.29, 1.82) is 0 Å². The monoisotopic (exact) mass is 399 g/mol. The maximum absolute atomic E-state index is 13.0. The number of carbonyl (C=O) groups is 1. The number of nitrogens with zero attached hydrogens (tertiary/aromatic N) is 3. The van der Waals surface area contributed by atoms with Crippen molar-refractivity contribution in [3.8, 4) is 0 Å². The third-order valence-electron chi connectivity index (χ3n) is 5.01. The summed E-state index contributed by atoms with van der Waals surface area (Å²) >= 11 is 1.66. The summed E-state index contributed by atoms with van der Waals surface area (Å²) in [5, 5.41) is 4.89. The molecule has 1 aromatic rings. The molecular formula is C17H25N3O4S2. The summed E-state index contributed by atoms with van der Waals surface area (Å²) in [6.45, 7) is 6.94. The lowest BCUT2D eigenvalue weighted by Gasteiger charge is -2.32. The lowest BCUT2D eigenvalue weighted by atomic mass is 9.96. The van der Waals surface area contributed by atoms with Crippen molar-refractivity contribution in [3.63, 3.8) is 0 Å². The molecule has 0 atom stereocenters. The van der Waals surface area contributed by atoms with Crippen LogP contribution in [0.3, 0.4) is 0 Å². The first-order valence-electron chi connectivity index (χ1n) is 8.90. The fourth-order valence-electron chi connectivity index (χ4n) is 3.37. The van der Waals surface area contributed by atoms with Gasteiger partial charge in [0.25, 0.3) is 0 Å². The Hall–Kier alpha value is -1.32. The minimum Gasteiger partial charge on any atom is -0.361 e. The summed E-state index contributed by atoms with van der Waals surface area (Å²) in [6.07, 6.45) is 3.14. The fourth-order valence-corrected chi connectivity index (χ4v) is 5.53. The van der Waals surface area contributed by atoms with Crippen molar-refractivity contribution in [1.82, 2.24) is 14.4 Å². The Morgan fingerprint density at radius 3 is 2.58 bits per heavy atom. The van der Waals surface area contributed by atoms with E-state index in [1.807, 2.05) is 24.8 Å². The van der Waals surface area contributed by atoms with Gasteiger partial charge in [-0.2, -0.15) is 0 Å².